The highest BCUT2D eigenvalue weighted by Gasteiger charge is 2.23. The highest BCUT2D eigenvalue weighted by molar-refractivity contribution is 7.90. The van der Waals surface area contributed by atoms with Crippen molar-refractivity contribution in [2.24, 2.45) is 0 Å². The molecule has 8 heteroatoms. The van der Waals surface area contributed by atoms with Crippen molar-refractivity contribution in [3.05, 3.63) is 28.3 Å². The second-order valence-electron chi connectivity index (χ2n) is 5.36. The van der Waals surface area contributed by atoms with Crippen molar-refractivity contribution in [1.82, 2.24) is 0 Å². The van der Waals surface area contributed by atoms with E-state index in [0.717, 1.165) is 25.2 Å². The number of anilines is 1. The molecular formula is C13H18N2O5S. The molecule has 1 aromatic rings. The monoisotopic (exact) mass is 314 g/mol. The number of aliphatic hydroxyl groups excluding tert-OH is 1. The summed E-state index contributed by atoms with van der Waals surface area (Å²) in [5.74, 6) is 0. The van der Waals surface area contributed by atoms with Crippen LogP contribution in [0.3, 0.4) is 0 Å². The van der Waals surface area contributed by atoms with Gasteiger partial charge in [0.05, 0.1) is 15.9 Å². The summed E-state index contributed by atoms with van der Waals surface area (Å²) in [6.07, 6.45) is 3.49. The van der Waals surface area contributed by atoms with E-state index in [1.54, 1.807) is 0 Å². The Morgan fingerprint density at radius 2 is 1.90 bits per heavy atom. The Morgan fingerprint density at radius 3 is 2.43 bits per heavy atom. The molecule has 1 aliphatic rings. The zero-order chi connectivity index (χ0) is 15.6. The van der Waals surface area contributed by atoms with Gasteiger partial charge in [0.25, 0.3) is 5.69 Å². The van der Waals surface area contributed by atoms with Crippen LogP contribution in [0.4, 0.5) is 11.4 Å². The number of nitrogens with zero attached hydrogens (tertiary/aromatic N) is 1. The third-order valence-electron chi connectivity index (χ3n) is 3.65. The molecule has 0 aliphatic heterocycles. The molecule has 0 bridgehead atoms. The van der Waals surface area contributed by atoms with Gasteiger partial charge < -0.3 is 10.4 Å². The number of benzene rings is 1. The molecule has 1 aromatic carbocycles. The number of rotatable bonds is 4. The number of aliphatic hydroxyl groups is 1. The van der Waals surface area contributed by atoms with Gasteiger partial charge in [0.2, 0.25) is 0 Å². The van der Waals surface area contributed by atoms with Crippen LogP contribution in [0, 0.1) is 10.1 Å². The third kappa shape index (κ3) is 3.92. The van der Waals surface area contributed by atoms with E-state index >= 15 is 0 Å². The minimum atomic E-state index is -3.48. The van der Waals surface area contributed by atoms with Gasteiger partial charge in [0, 0.05) is 18.4 Å². The minimum Gasteiger partial charge on any atom is -0.393 e. The molecule has 0 atom stereocenters. The van der Waals surface area contributed by atoms with E-state index in [4.69, 9.17) is 0 Å². The van der Waals surface area contributed by atoms with Crippen molar-refractivity contribution < 1.29 is 18.4 Å². The van der Waals surface area contributed by atoms with Crippen LogP contribution in [0.15, 0.2) is 23.1 Å². The molecule has 116 valence electrons. The van der Waals surface area contributed by atoms with Crippen molar-refractivity contribution in [2.75, 3.05) is 11.6 Å². The molecule has 0 spiro atoms. The molecular weight excluding hydrogens is 296 g/mol. The smallest absolute Gasteiger partial charge is 0.293 e. The molecule has 0 saturated heterocycles. The first-order valence-electron chi connectivity index (χ1n) is 6.70. The summed E-state index contributed by atoms with van der Waals surface area (Å²) in [7, 11) is -3.48. The molecule has 0 unspecified atom stereocenters. The topological polar surface area (TPSA) is 110 Å². The Kier molecular flexibility index (Phi) is 4.48. The highest BCUT2D eigenvalue weighted by Crippen LogP contribution is 2.30. The van der Waals surface area contributed by atoms with Crippen LogP contribution in [-0.2, 0) is 9.84 Å². The van der Waals surface area contributed by atoms with E-state index in [1.165, 1.54) is 12.1 Å². The largest absolute Gasteiger partial charge is 0.393 e. The average Bonchev–Trinajstić information content (AvgIpc) is 2.40. The van der Waals surface area contributed by atoms with Crippen LogP contribution >= 0.6 is 0 Å². The Labute approximate surface area is 123 Å². The predicted octanol–water partition coefficient (Wildman–Crippen LogP) is 1.71. The summed E-state index contributed by atoms with van der Waals surface area (Å²) in [5.41, 5.74) is 0.0674. The van der Waals surface area contributed by atoms with Crippen molar-refractivity contribution in [3.63, 3.8) is 0 Å². The normalized spacial score (nSPS) is 22.8. The number of nitro benzene ring substituents is 1. The Balaban J connectivity index is 2.25. The van der Waals surface area contributed by atoms with Crippen LogP contribution in [-0.4, -0.2) is 36.8 Å². The van der Waals surface area contributed by atoms with Crippen molar-refractivity contribution in [1.29, 1.82) is 0 Å². The zero-order valence-corrected chi connectivity index (χ0v) is 12.5. The Bertz CT molecular complexity index is 636. The molecule has 0 heterocycles. The second-order valence-corrected chi connectivity index (χ2v) is 7.37. The van der Waals surface area contributed by atoms with Crippen LogP contribution in [0.5, 0.6) is 0 Å². The molecule has 0 aromatic heterocycles. The molecule has 21 heavy (non-hydrogen) atoms. The lowest BCUT2D eigenvalue weighted by Crippen LogP contribution is -2.28. The Hall–Kier alpha value is -1.67. The summed E-state index contributed by atoms with van der Waals surface area (Å²) in [6, 6.07) is 3.92. The minimum absolute atomic E-state index is 0.0520. The number of hydrogen-bond donors (Lipinski definition) is 2. The van der Waals surface area contributed by atoms with Crippen LogP contribution in [0.1, 0.15) is 25.7 Å². The average molecular weight is 314 g/mol. The number of sulfone groups is 1. The van der Waals surface area contributed by atoms with Gasteiger partial charge in [-0.1, -0.05) is 0 Å². The lowest BCUT2D eigenvalue weighted by molar-refractivity contribution is -0.384. The number of hydrogen-bond acceptors (Lipinski definition) is 6. The van der Waals surface area contributed by atoms with E-state index in [9.17, 15) is 23.6 Å². The molecule has 1 saturated carbocycles. The maximum absolute atomic E-state index is 11.5. The van der Waals surface area contributed by atoms with Gasteiger partial charge in [0.1, 0.15) is 5.69 Å². The number of nitro groups is 1. The Morgan fingerprint density at radius 1 is 1.29 bits per heavy atom. The van der Waals surface area contributed by atoms with Gasteiger partial charge in [-0.25, -0.2) is 8.42 Å². The molecule has 2 N–H and O–H groups in total. The van der Waals surface area contributed by atoms with Crippen LogP contribution in [0.2, 0.25) is 0 Å². The van der Waals surface area contributed by atoms with Crippen molar-refractivity contribution in [2.45, 2.75) is 42.7 Å². The van der Waals surface area contributed by atoms with Crippen LogP contribution in [0.25, 0.3) is 0 Å². The third-order valence-corrected chi connectivity index (χ3v) is 4.76. The van der Waals surface area contributed by atoms with Gasteiger partial charge in [-0.2, -0.15) is 0 Å². The maximum Gasteiger partial charge on any atom is 0.293 e. The van der Waals surface area contributed by atoms with Gasteiger partial charge in [-0.15, -0.1) is 0 Å². The fourth-order valence-corrected chi connectivity index (χ4v) is 3.10. The van der Waals surface area contributed by atoms with Gasteiger partial charge in [-0.05, 0) is 37.8 Å². The van der Waals surface area contributed by atoms with E-state index < -0.39 is 14.8 Å². The lowest BCUT2D eigenvalue weighted by atomic mass is 9.93. The van der Waals surface area contributed by atoms with E-state index in [0.29, 0.717) is 18.5 Å². The molecule has 0 radical (unpaired) electrons. The first kappa shape index (κ1) is 15.7. The van der Waals surface area contributed by atoms with Gasteiger partial charge >= 0.3 is 0 Å². The molecule has 0 amide bonds. The van der Waals surface area contributed by atoms with E-state index in [2.05, 4.69) is 5.32 Å². The second kappa shape index (κ2) is 5.98. The summed E-state index contributed by atoms with van der Waals surface area (Å²) in [6.45, 7) is 0. The van der Waals surface area contributed by atoms with Gasteiger partial charge in [0.15, 0.2) is 9.84 Å². The van der Waals surface area contributed by atoms with Gasteiger partial charge in [-0.3, -0.25) is 10.1 Å². The van der Waals surface area contributed by atoms with Crippen LogP contribution < -0.4 is 5.32 Å². The summed E-state index contributed by atoms with van der Waals surface area (Å²) >= 11 is 0. The summed E-state index contributed by atoms with van der Waals surface area (Å²) in [4.78, 5) is 10.5. The quantitative estimate of drug-likeness (QED) is 0.647. The standard InChI is InChI=1S/C13H18N2O5S/c1-21(19,20)11-6-7-12(13(8-11)15(17)18)14-9-2-4-10(16)5-3-9/h6-10,14,16H,2-5H2,1H3/t9-,10-. The molecule has 7 nitrogen and oxygen atoms in total. The summed E-state index contributed by atoms with van der Waals surface area (Å²) in [5, 5.41) is 23.7. The summed E-state index contributed by atoms with van der Waals surface area (Å²) < 4.78 is 22.9. The maximum atomic E-state index is 11.5. The molecule has 1 fully saturated rings. The lowest BCUT2D eigenvalue weighted by Gasteiger charge is -2.26. The molecule has 2 rings (SSSR count). The first-order chi connectivity index (χ1) is 9.77. The van der Waals surface area contributed by atoms with E-state index in [-0.39, 0.29) is 22.7 Å². The SMILES string of the molecule is CS(=O)(=O)c1ccc(N[C@H]2CC[C@H](O)CC2)c([N+](=O)[O-])c1. The fraction of sp³-hybridized carbons (Fsp3) is 0.538. The highest BCUT2D eigenvalue weighted by atomic mass is 32.2. The predicted molar refractivity (Wildman–Crippen MR) is 78.1 cm³/mol. The van der Waals surface area contributed by atoms with Crippen molar-refractivity contribution >= 4 is 21.2 Å². The molecule has 1 aliphatic carbocycles. The zero-order valence-electron chi connectivity index (χ0n) is 11.7. The first-order valence-corrected chi connectivity index (χ1v) is 8.59. The fourth-order valence-electron chi connectivity index (χ4n) is 2.46. The van der Waals surface area contributed by atoms with E-state index in [1.807, 2.05) is 0 Å². The number of nitrogens with one attached hydrogen (secondary N) is 1. The van der Waals surface area contributed by atoms with Crippen molar-refractivity contribution in [3.8, 4) is 0 Å².